The summed E-state index contributed by atoms with van der Waals surface area (Å²) in [6, 6.07) is 11.3. The quantitative estimate of drug-likeness (QED) is 0.611. The van der Waals surface area contributed by atoms with Gasteiger partial charge in [-0.2, -0.15) is 0 Å². The van der Waals surface area contributed by atoms with Crippen LogP contribution in [0.3, 0.4) is 0 Å². The average Bonchev–Trinajstić information content (AvgIpc) is 2.24. The van der Waals surface area contributed by atoms with E-state index in [0.717, 1.165) is 0 Å². The minimum Gasteiger partial charge on any atom is -0.140 e. The first-order valence-electron chi connectivity index (χ1n) is 6.56. The summed E-state index contributed by atoms with van der Waals surface area (Å²) < 4.78 is 0.366. The summed E-state index contributed by atoms with van der Waals surface area (Å²) in [7, 11) is 0. The van der Waals surface area contributed by atoms with Crippen molar-refractivity contribution in [3.63, 3.8) is 0 Å². The summed E-state index contributed by atoms with van der Waals surface area (Å²) in [5.41, 5.74) is 4.44. The second kappa shape index (κ2) is 3.54. The van der Waals surface area contributed by atoms with E-state index in [4.69, 9.17) is 0 Å². The minimum absolute atomic E-state index is 0.182. The summed E-state index contributed by atoms with van der Waals surface area (Å²) in [6.45, 7) is 11.7. The molecule has 18 heavy (non-hydrogen) atoms. The fourth-order valence-electron chi connectivity index (χ4n) is 3.50. The molecule has 2 aromatic carbocycles. The molecule has 0 saturated carbocycles. The summed E-state index contributed by atoms with van der Waals surface area (Å²) in [5, 5.41) is 2.88. The Kier molecular flexibility index (Phi) is 2.38. The number of rotatable bonds is 0. The molecule has 1 aliphatic rings. The van der Waals surface area contributed by atoms with Gasteiger partial charge in [-0.15, -0.1) is 11.8 Å². The summed E-state index contributed by atoms with van der Waals surface area (Å²) >= 11 is 2.08. The van der Waals surface area contributed by atoms with Crippen LogP contribution in [0.25, 0.3) is 10.8 Å². The Labute approximate surface area is 114 Å². The van der Waals surface area contributed by atoms with Crippen LogP contribution < -0.4 is 0 Å². The Morgan fingerprint density at radius 2 is 1.61 bits per heavy atom. The number of hydrogen-bond donors (Lipinski definition) is 0. The fraction of sp³-hybridized carbons (Fsp3) is 0.412. The van der Waals surface area contributed by atoms with Gasteiger partial charge in [0.1, 0.15) is 0 Å². The van der Waals surface area contributed by atoms with Crippen molar-refractivity contribution in [1.82, 2.24) is 0 Å². The number of hydrogen-bond acceptors (Lipinski definition) is 1. The molecular formula is C17H20S. The Morgan fingerprint density at radius 3 is 2.33 bits per heavy atom. The van der Waals surface area contributed by atoms with Crippen LogP contribution in [0.1, 0.15) is 44.4 Å². The number of thioether (sulfide) groups is 1. The topological polar surface area (TPSA) is 0 Å². The van der Waals surface area contributed by atoms with Crippen LogP contribution in [-0.4, -0.2) is 0 Å². The summed E-state index contributed by atoms with van der Waals surface area (Å²) in [6.07, 6.45) is 0. The molecule has 0 aliphatic carbocycles. The van der Waals surface area contributed by atoms with Crippen LogP contribution in [0.5, 0.6) is 0 Å². The van der Waals surface area contributed by atoms with Crippen molar-refractivity contribution in [2.75, 3.05) is 0 Å². The lowest BCUT2D eigenvalue weighted by atomic mass is 9.84. The molecule has 1 heterocycles. The third-order valence-corrected chi connectivity index (χ3v) is 5.46. The molecule has 0 unspecified atom stereocenters. The molecule has 0 radical (unpaired) electrons. The van der Waals surface area contributed by atoms with Crippen LogP contribution in [0.2, 0.25) is 0 Å². The van der Waals surface area contributed by atoms with E-state index < -0.39 is 0 Å². The van der Waals surface area contributed by atoms with Crippen molar-refractivity contribution in [2.24, 2.45) is 0 Å². The lowest BCUT2D eigenvalue weighted by Crippen LogP contribution is -2.29. The predicted molar refractivity (Wildman–Crippen MR) is 82.3 cm³/mol. The van der Waals surface area contributed by atoms with Gasteiger partial charge in [0.2, 0.25) is 0 Å². The van der Waals surface area contributed by atoms with E-state index in [2.05, 4.69) is 76.7 Å². The average molecular weight is 256 g/mol. The largest absolute Gasteiger partial charge is 0.140 e. The molecule has 2 aromatic rings. The zero-order valence-corrected chi connectivity index (χ0v) is 12.6. The molecule has 1 heteroatoms. The highest BCUT2D eigenvalue weighted by atomic mass is 32.2. The molecule has 0 aromatic heterocycles. The Hall–Kier alpha value is -0.950. The normalized spacial score (nSPS) is 20.1. The smallest absolute Gasteiger partial charge is 0.0369 e. The van der Waals surface area contributed by atoms with Gasteiger partial charge >= 0.3 is 0 Å². The lowest BCUT2D eigenvalue weighted by molar-refractivity contribution is 0.702. The first-order valence-corrected chi connectivity index (χ1v) is 7.38. The third-order valence-electron chi connectivity index (χ3n) is 4.01. The van der Waals surface area contributed by atoms with Crippen molar-refractivity contribution in [1.29, 1.82) is 0 Å². The number of benzene rings is 2. The van der Waals surface area contributed by atoms with Gasteiger partial charge in [0.05, 0.1) is 0 Å². The van der Waals surface area contributed by atoms with Gasteiger partial charge in [-0.05, 0) is 62.1 Å². The van der Waals surface area contributed by atoms with Crippen molar-refractivity contribution in [3.05, 3.63) is 47.0 Å². The van der Waals surface area contributed by atoms with Crippen LogP contribution in [0.15, 0.2) is 30.3 Å². The zero-order valence-electron chi connectivity index (χ0n) is 11.8. The van der Waals surface area contributed by atoms with Crippen LogP contribution >= 0.6 is 11.8 Å². The molecule has 0 atom stereocenters. The molecule has 0 amide bonds. The maximum atomic E-state index is 2.36. The molecule has 1 aliphatic heterocycles. The van der Waals surface area contributed by atoms with E-state index in [-0.39, 0.29) is 9.49 Å². The molecule has 3 rings (SSSR count). The predicted octanol–water partition coefficient (Wildman–Crippen LogP) is 5.37. The maximum absolute atomic E-state index is 2.36. The first-order chi connectivity index (χ1) is 8.33. The van der Waals surface area contributed by atoms with E-state index in [1.165, 1.54) is 27.5 Å². The second-order valence-electron chi connectivity index (χ2n) is 6.28. The molecule has 0 bridgehead atoms. The van der Waals surface area contributed by atoms with Crippen molar-refractivity contribution >= 4 is 22.5 Å². The van der Waals surface area contributed by atoms with Crippen molar-refractivity contribution in [2.45, 2.75) is 44.1 Å². The SMILES string of the molecule is Cc1ccc2cccc3c2c1C(C)(C)SC3(C)C. The van der Waals surface area contributed by atoms with Crippen LogP contribution in [0, 0.1) is 6.92 Å². The monoisotopic (exact) mass is 256 g/mol. The highest BCUT2D eigenvalue weighted by Crippen LogP contribution is 2.56. The van der Waals surface area contributed by atoms with E-state index >= 15 is 0 Å². The van der Waals surface area contributed by atoms with Gasteiger partial charge in [-0.1, -0.05) is 30.3 Å². The van der Waals surface area contributed by atoms with Gasteiger partial charge < -0.3 is 0 Å². The first kappa shape index (κ1) is 12.1. The van der Waals surface area contributed by atoms with E-state index in [1.54, 1.807) is 0 Å². The molecule has 0 fully saturated rings. The van der Waals surface area contributed by atoms with Gasteiger partial charge in [0.25, 0.3) is 0 Å². The highest BCUT2D eigenvalue weighted by Gasteiger charge is 2.40. The zero-order chi connectivity index (χ0) is 13.1. The van der Waals surface area contributed by atoms with Gasteiger partial charge in [-0.3, -0.25) is 0 Å². The van der Waals surface area contributed by atoms with Crippen molar-refractivity contribution < 1.29 is 0 Å². The molecule has 0 saturated heterocycles. The van der Waals surface area contributed by atoms with Gasteiger partial charge in [0, 0.05) is 9.49 Å². The summed E-state index contributed by atoms with van der Waals surface area (Å²) in [5.74, 6) is 0. The molecule has 94 valence electrons. The highest BCUT2D eigenvalue weighted by molar-refractivity contribution is 8.01. The maximum Gasteiger partial charge on any atom is 0.0369 e. The Morgan fingerprint density at radius 1 is 0.889 bits per heavy atom. The van der Waals surface area contributed by atoms with E-state index in [1.807, 2.05) is 0 Å². The Balaban J connectivity index is 2.55. The fourth-order valence-corrected chi connectivity index (χ4v) is 5.43. The minimum atomic E-state index is 0.182. The lowest BCUT2D eigenvalue weighted by Gasteiger charge is -2.42. The number of aryl methyl sites for hydroxylation is 1. The standard InChI is InChI=1S/C17H20S/c1-11-9-10-12-7-6-8-13-14(12)15(11)17(4,5)18-16(13,2)3/h6-10H,1-5H3. The summed E-state index contributed by atoms with van der Waals surface area (Å²) in [4.78, 5) is 0. The Bertz CT molecular complexity index is 635. The van der Waals surface area contributed by atoms with Gasteiger partial charge in [-0.25, -0.2) is 0 Å². The molecule has 0 N–H and O–H groups in total. The molecule has 0 nitrogen and oxygen atoms in total. The van der Waals surface area contributed by atoms with Crippen molar-refractivity contribution in [3.8, 4) is 0 Å². The van der Waals surface area contributed by atoms with E-state index in [0.29, 0.717) is 0 Å². The van der Waals surface area contributed by atoms with E-state index in [9.17, 15) is 0 Å². The molecule has 0 spiro atoms. The second-order valence-corrected chi connectivity index (χ2v) is 8.53. The van der Waals surface area contributed by atoms with Crippen LogP contribution in [-0.2, 0) is 9.49 Å². The van der Waals surface area contributed by atoms with Crippen LogP contribution in [0.4, 0.5) is 0 Å². The van der Waals surface area contributed by atoms with Gasteiger partial charge in [0.15, 0.2) is 0 Å². The molecular weight excluding hydrogens is 236 g/mol. The third kappa shape index (κ3) is 1.53.